The van der Waals surface area contributed by atoms with Gasteiger partial charge in [0.15, 0.2) is 5.65 Å². The van der Waals surface area contributed by atoms with Gasteiger partial charge in [-0.05, 0) is 23.8 Å². The second kappa shape index (κ2) is 7.62. The summed E-state index contributed by atoms with van der Waals surface area (Å²) in [6.07, 6.45) is 0.0209. The molecular weight excluding hydrogens is 384 g/mol. The number of nitrogens with one attached hydrogen (secondary N) is 2. The predicted molar refractivity (Wildman–Crippen MR) is 116 cm³/mol. The molecule has 1 aliphatic rings. The standard InChI is InChI=1S/C21H22N6OS/c1-27(2)14-9-7-13(8-10-14)20-22-11-15(28-20)12-29-21-24-19-18(25-26-21)16-5-3-4-6-17(16)23-19/h3-10,15,20,22H,11-12H2,1-2H3,(H,23,24,26)/t15-,20+/m1/s1. The van der Waals surface area contributed by atoms with Gasteiger partial charge in [0.05, 0.1) is 6.10 Å². The first kappa shape index (κ1) is 18.4. The van der Waals surface area contributed by atoms with Crippen LogP contribution in [-0.2, 0) is 4.74 Å². The van der Waals surface area contributed by atoms with E-state index in [0.717, 1.165) is 39.9 Å². The van der Waals surface area contributed by atoms with Gasteiger partial charge in [0.1, 0.15) is 11.7 Å². The van der Waals surface area contributed by atoms with E-state index >= 15 is 0 Å². The van der Waals surface area contributed by atoms with Gasteiger partial charge in [-0.3, -0.25) is 5.32 Å². The Bertz CT molecular complexity index is 1140. The Labute approximate surface area is 172 Å². The molecule has 0 saturated carbocycles. The number of hydrogen-bond donors (Lipinski definition) is 2. The van der Waals surface area contributed by atoms with Gasteiger partial charge in [-0.2, -0.15) is 0 Å². The molecule has 1 saturated heterocycles. The summed E-state index contributed by atoms with van der Waals surface area (Å²) in [5, 5.41) is 13.8. The van der Waals surface area contributed by atoms with E-state index in [2.05, 4.69) is 54.6 Å². The zero-order chi connectivity index (χ0) is 19.8. The van der Waals surface area contributed by atoms with Crippen LogP contribution in [0.5, 0.6) is 0 Å². The van der Waals surface area contributed by atoms with Crippen LogP contribution in [-0.4, -0.2) is 52.7 Å². The van der Waals surface area contributed by atoms with E-state index < -0.39 is 0 Å². The Kier molecular flexibility index (Phi) is 4.83. The monoisotopic (exact) mass is 406 g/mol. The highest BCUT2D eigenvalue weighted by atomic mass is 32.2. The van der Waals surface area contributed by atoms with E-state index in [9.17, 15) is 0 Å². The van der Waals surface area contributed by atoms with Crippen LogP contribution in [0, 0.1) is 0 Å². The smallest absolute Gasteiger partial charge is 0.211 e. The van der Waals surface area contributed by atoms with Gasteiger partial charge in [0, 0.05) is 43.0 Å². The van der Waals surface area contributed by atoms with E-state index in [-0.39, 0.29) is 12.3 Å². The van der Waals surface area contributed by atoms with Crippen LogP contribution >= 0.6 is 11.8 Å². The SMILES string of the molecule is CN(C)c1ccc([C@H]2NC[C@H](CSc3nnc4c(n3)[nH]c3ccccc34)O2)cc1. The largest absolute Gasteiger partial charge is 0.378 e. The summed E-state index contributed by atoms with van der Waals surface area (Å²) in [6.45, 7) is 0.801. The summed E-state index contributed by atoms with van der Waals surface area (Å²) in [7, 11) is 4.08. The zero-order valence-corrected chi connectivity index (χ0v) is 17.1. The van der Waals surface area contributed by atoms with E-state index in [0.29, 0.717) is 5.16 Å². The zero-order valence-electron chi connectivity index (χ0n) is 16.3. The van der Waals surface area contributed by atoms with E-state index in [1.54, 1.807) is 11.8 Å². The minimum Gasteiger partial charge on any atom is -0.378 e. The number of hydrogen-bond acceptors (Lipinski definition) is 7. The number of nitrogens with zero attached hydrogens (tertiary/aromatic N) is 4. The van der Waals surface area contributed by atoms with Crippen LogP contribution < -0.4 is 10.2 Å². The van der Waals surface area contributed by atoms with Crippen molar-refractivity contribution in [1.82, 2.24) is 25.5 Å². The predicted octanol–water partition coefficient (Wildman–Crippen LogP) is 3.35. The highest BCUT2D eigenvalue weighted by molar-refractivity contribution is 7.99. The van der Waals surface area contributed by atoms with Crippen molar-refractivity contribution in [3.63, 3.8) is 0 Å². The number of benzene rings is 2. The third-order valence-electron chi connectivity index (χ3n) is 5.07. The van der Waals surface area contributed by atoms with Gasteiger partial charge in [-0.15, -0.1) is 10.2 Å². The fourth-order valence-corrected chi connectivity index (χ4v) is 4.29. The van der Waals surface area contributed by atoms with Crippen molar-refractivity contribution < 1.29 is 4.74 Å². The van der Waals surface area contributed by atoms with Crippen molar-refractivity contribution in [2.75, 3.05) is 31.3 Å². The molecule has 0 spiro atoms. The van der Waals surface area contributed by atoms with Gasteiger partial charge in [0.25, 0.3) is 0 Å². The molecule has 2 N–H and O–H groups in total. The van der Waals surface area contributed by atoms with Crippen molar-refractivity contribution >= 4 is 39.5 Å². The second-order valence-corrected chi connectivity index (χ2v) is 8.29. The van der Waals surface area contributed by atoms with Gasteiger partial charge in [-0.1, -0.05) is 42.1 Å². The van der Waals surface area contributed by atoms with E-state index in [1.165, 1.54) is 5.69 Å². The van der Waals surface area contributed by atoms with Gasteiger partial charge in [0.2, 0.25) is 5.16 Å². The number of thioether (sulfide) groups is 1. The Morgan fingerprint density at radius 3 is 2.76 bits per heavy atom. The summed E-state index contributed by atoms with van der Waals surface area (Å²) in [5.74, 6) is 0.771. The molecule has 1 fully saturated rings. The van der Waals surface area contributed by atoms with Crippen LogP contribution in [0.4, 0.5) is 5.69 Å². The Balaban J connectivity index is 1.23. The number of fused-ring (bicyclic) bond motifs is 3. The minimum absolute atomic E-state index is 0.0768. The van der Waals surface area contributed by atoms with Crippen molar-refractivity contribution in [3.8, 4) is 0 Å². The average molecular weight is 407 g/mol. The normalized spacial score (nSPS) is 19.2. The van der Waals surface area contributed by atoms with Crippen LogP contribution in [0.3, 0.4) is 0 Å². The highest BCUT2D eigenvalue weighted by Crippen LogP contribution is 2.27. The molecule has 4 aromatic rings. The molecule has 2 aromatic heterocycles. The van der Waals surface area contributed by atoms with Gasteiger partial charge < -0.3 is 14.6 Å². The van der Waals surface area contributed by atoms with Crippen molar-refractivity contribution in [2.24, 2.45) is 0 Å². The lowest BCUT2D eigenvalue weighted by atomic mass is 10.2. The van der Waals surface area contributed by atoms with E-state index in [1.807, 2.05) is 38.4 Å². The molecule has 2 aromatic carbocycles. The van der Waals surface area contributed by atoms with Crippen molar-refractivity contribution in [1.29, 1.82) is 0 Å². The number of rotatable bonds is 5. The lowest BCUT2D eigenvalue weighted by molar-refractivity contribution is 0.0534. The third kappa shape index (κ3) is 3.66. The summed E-state index contributed by atoms with van der Waals surface area (Å²) >= 11 is 1.57. The number of H-pyrrole nitrogens is 1. The molecule has 0 aliphatic carbocycles. The molecule has 7 nitrogen and oxygen atoms in total. The Hall–Kier alpha value is -2.68. The molecule has 0 bridgehead atoms. The molecule has 1 aliphatic heterocycles. The van der Waals surface area contributed by atoms with E-state index in [4.69, 9.17) is 4.74 Å². The average Bonchev–Trinajstić information content (AvgIpc) is 3.36. The lowest BCUT2D eigenvalue weighted by Crippen LogP contribution is -2.17. The van der Waals surface area contributed by atoms with Gasteiger partial charge >= 0.3 is 0 Å². The summed E-state index contributed by atoms with van der Waals surface area (Å²) in [5.41, 5.74) is 4.92. The number of aromatic nitrogens is 4. The topological polar surface area (TPSA) is 79.0 Å². The van der Waals surface area contributed by atoms with Crippen molar-refractivity contribution in [3.05, 3.63) is 54.1 Å². The molecule has 29 heavy (non-hydrogen) atoms. The first-order chi connectivity index (χ1) is 14.2. The molecule has 0 radical (unpaired) electrons. The number of aromatic amines is 1. The lowest BCUT2D eigenvalue weighted by Gasteiger charge is -2.16. The van der Waals surface area contributed by atoms with Crippen LogP contribution in [0.1, 0.15) is 11.8 Å². The van der Waals surface area contributed by atoms with Crippen LogP contribution in [0.15, 0.2) is 53.7 Å². The molecule has 2 atom stereocenters. The Morgan fingerprint density at radius 2 is 1.93 bits per heavy atom. The molecule has 5 rings (SSSR count). The number of ether oxygens (including phenoxy) is 1. The summed E-state index contributed by atoms with van der Waals surface area (Å²) < 4.78 is 6.18. The van der Waals surface area contributed by atoms with Gasteiger partial charge in [-0.25, -0.2) is 4.98 Å². The number of para-hydroxylation sites is 1. The second-order valence-electron chi connectivity index (χ2n) is 7.31. The molecule has 8 heteroatoms. The third-order valence-corrected chi connectivity index (χ3v) is 6.04. The fraction of sp³-hybridized carbons (Fsp3) is 0.286. The maximum atomic E-state index is 6.18. The maximum Gasteiger partial charge on any atom is 0.211 e. The first-order valence-electron chi connectivity index (χ1n) is 9.57. The Morgan fingerprint density at radius 1 is 1.10 bits per heavy atom. The highest BCUT2D eigenvalue weighted by Gasteiger charge is 2.26. The fourth-order valence-electron chi connectivity index (χ4n) is 3.50. The molecule has 0 amide bonds. The molecule has 3 heterocycles. The maximum absolute atomic E-state index is 6.18. The van der Waals surface area contributed by atoms with Crippen molar-refractivity contribution in [2.45, 2.75) is 17.5 Å². The summed E-state index contributed by atoms with van der Waals surface area (Å²) in [4.78, 5) is 10.0. The minimum atomic E-state index is -0.0768. The number of anilines is 1. The molecule has 0 unspecified atom stereocenters. The molecular formula is C21H22N6OS. The quantitative estimate of drug-likeness (QED) is 0.492. The van der Waals surface area contributed by atoms with Crippen LogP contribution in [0.25, 0.3) is 22.1 Å². The first-order valence-corrected chi connectivity index (χ1v) is 10.6. The van der Waals surface area contributed by atoms with Crippen LogP contribution in [0.2, 0.25) is 0 Å². The summed E-state index contributed by atoms with van der Waals surface area (Å²) in [6, 6.07) is 16.5. The molecule has 148 valence electrons.